The van der Waals surface area contributed by atoms with E-state index in [1.165, 1.54) is 0 Å². The van der Waals surface area contributed by atoms with E-state index in [0.717, 1.165) is 11.0 Å². The summed E-state index contributed by atoms with van der Waals surface area (Å²) >= 11 is 1.69. The fourth-order valence-corrected chi connectivity index (χ4v) is 2.18. The van der Waals surface area contributed by atoms with E-state index in [9.17, 15) is 0 Å². The van der Waals surface area contributed by atoms with Crippen LogP contribution in [0.2, 0.25) is 0 Å². The quantitative estimate of drug-likeness (QED) is 0.732. The number of hydrogen-bond donors (Lipinski definition) is 0. The maximum Gasteiger partial charge on any atom is 0.239 e. The van der Waals surface area contributed by atoms with Crippen molar-refractivity contribution in [2.75, 3.05) is 6.26 Å². The van der Waals surface area contributed by atoms with E-state index in [4.69, 9.17) is 4.52 Å². The molecular formula is C13H14N4OS. The molecule has 0 fully saturated rings. The van der Waals surface area contributed by atoms with Crippen molar-refractivity contribution in [3.05, 3.63) is 42.3 Å². The Hall–Kier alpha value is -1.82. The van der Waals surface area contributed by atoms with Crippen LogP contribution in [-0.2, 0) is 6.54 Å². The predicted octanol–water partition coefficient (Wildman–Crippen LogP) is 2.89. The lowest BCUT2D eigenvalue weighted by Gasteiger charge is -2.00. The summed E-state index contributed by atoms with van der Waals surface area (Å²) in [5.41, 5.74) is 2.05. The Morgan fingerprint density at radius 2 is 2.21 bits per heavy atom. The molecule has 0 aliphatic carbocycles. The van der Waals surface area contributed by atoms with Crippen LogP contribution in [0.25, 0.3) is 11.0 Å². The molecule has 1 aromatic carbocycles. The van der Waals surface area contributed by atoms with E-state index in [1.54, 1.807) is 18.1 Å². The zero-order chi connectivity index (χ0) is 13.2. The normalized spacial score (nSPS) is 12.9. The lowest BCUT2D eigenvalue weighted by atomic mass is 10.3. The van der Waals surface area contributed by atoms with Crippen LogP contribution >= 0.6 is 11.8 Å². The summed E-state index contributed by atoms with van der Waals surface area (Å²) in [5.74, 6) is 1.35. The second kappa shape index (κ2) is 5.05. The summed E-state index contributed by atoms with van der Waals surface area (Å²) in [6.45, 7) is 2.62. The molecule has 0 saturated heterocycles. The lowest BCUT2D eigenvalue weighted by molar-refractivity contribution is 0.374. The van der Waals surface area contributed by atoms with Gasteiger partial charge in [-0.25, -0.2) is 4.98 Å². The van der Waals surface area contributed by atoms with E-state index in [2.05, 4.69) is 22.0 Å². The number of aromatic nitrogens is 4. The Balaban J connectivity index is 1.87. The Bertz CT molecular complexity index is 691. The molecule has 0 unspecified atom stereocenters. The number of nitrogens with zero attached hydrogens (tertiary/aromatic N) is 4. The first-order valence-corrected chi connectivity index (χ1v) is 7.32. The molecule has 0 N–H and O–H groups in total. The molecule has 2 heterocycles. The molecule has 0 aliphatic rings. The van der Waals surface area contributed by atoms with Gasteiger partial charge in [-0.2, -0.15) is 16.7 Å². The molecule has 3 aromatic rings. The van der Waals surface area contributed by atoms with Gasteiger partial charge >= 0.3 is 0 Å². The standard InChI is InChI=1S/C13H14N4OS/c1-9(19-2)13-15-12(16-18-13)7-17-8-14-10-5-3-4-6-11(10)17/h3-6,8-9H,7H2,1-2H3/t9-/m1/s1. The van der Waals surface area contributed by atoms with Crippen molar-refractivity contribution in [1.29, 1.82) is 0 Å². The van der Waals surface area contributed by atoms with Crippen LogP contribution in [0.15, 0.2) is 35.1 Å². The van der Waals surface area contributed by atoms with Gasteiger partial charge in [0.2, 0.25) is 5.89 Å². The third-order valence-electron chi connectivity index (χ3n) is 3.02. The van der Waals surface area contributed by atoms with Crippen LogP contribution < -0.4 is 0 Å². The third-order valence-corrected chi connectivity index (χ3v) is 3.93. The highest BCUT2D eigenvalue weighted by Gasteiger charge is 2.13. The molecule has 0 radical (unpaired) electrons. The van der Waals surface area contributed by atoms with Crippen molar-refractivity contribution in [2.45, 2.75) is 18.7 Å². The topological polar surface area (TPSA) is 56.7 Å². The van der Waals surface area contributed by atoms with E-state index < -0.39 is 0 Å². The molecule has 1 atom stereocenters. The largest absolute Gasteiger partial charge is 0.338 e. The Morgan fingerprint density at radius 1 is 1.37 bits per heavy atom. The average molecular weight is 274 g/mol. The van der Waals surface area contributed by atoms with Crippen molar-refractivity contribution >= 4 is 22.8 Å². The molecule has 0 bridgehead atoms. The zero-order valence-corrected chi connectivity index (χ0v) is 11.6. The summed E-state index contributed by atoms with van der Waals surface area (Å²) in [5, 5.41) is 4.24. The minimum Gasteiger partial charge on any atom is -0.338 e. The van der Waals surface area contributed by atoms with Crippen LogP contribution in [0.3, 0.4) is 0 Å². The number of para-hydroxylation sites is 2. The highest BCUT2D eigenvalue weighted by molar-refractivity contribution is 7.98. The summed E-state index contributed by atoms with van der Waals surface area (Å²) < 4.78 is 7.28. The predicted molar refractivity (Wildman–Crippen MR) is 75.1 cm³/mol. The van der Waals surface area contributed by atoms with E-state index in [-0.39, 0.29) is 5.25 Å². The summed E-state index contributed by atoms with van der Waals surface area (Å²) in [6.07, 6.45) is 3.83. The summed E-state index contributed by atoms with van der Waals surface area (Å²) in [4.78, 5) is 8.76. The molecule has 0 amide bonds. The van der Waals surface area contributed by atoms with E-state index >= 15 is 0 Å². The van der Waals surface area contributed by atoms with Crippen molar-refractivity contribution in [2.24, 2.45) is 0 Å². The van der Waals surface area contributed by atoms with Gasteiger partial charge in [0.15, 0.2) is 5.82 Å². The first-order valence-electron chi connectivity index (χ1n) is 6.03. The maximum atomic E-state index is 5.26. The SMILES string of the molecule is CS[C@H](C)c1nc(Cn2cnc3ccccc32)no1. The van der Waals surface area contributed by atoms with E-state index in [0.29, 0.717) is 18.3 Å². The number of hydrogen-bond acceptors (Lipinski definition) is 5. The van der Waals surface area contributed by atoms with Crippen molar-refractivity contribution < 1.29 is 4.52 Å². The van der Waals surface area contributed by atoms with Crippen LogP contribution in [0, 0.1) is 0 Å². The van der Waals surface area contributed by atoms with Gasteiger partial charge in [0.05, 0.1) is 29.2 Å². The maximum absolute atomic E-state index is 5.26. The zero-order valence-electron chi connectivity index (χ0n) is 10.8. The first kappa shape index (κ1) is 12.2. The molecule has 19 heavy (non-hydrogen) atoms. The van der Waals surface area contributed by atoms with Gasteiger partial charge in [-0.3, -0.25) is 0 Å². The molecular weight excluding hydrogens is 260 g/mol. The van der Waals surface area contributed by atoms with Gasteiger partial charge in [-0.1, -0.05) is 17.3 Å². The number of rotatable bonds is 4. The fourth-order valence-electron chi connectivity index (χ4n) is 1.89. The molecule has 0 aliphatic heterocycles. The first-order chi connectivity index (χ1) is 9.28. The minimum absolute atomic E-state index is 0.223. The Morgan fingerprint density at radius 3 is 3.05 bits per heavy atom. The second-order valence-electron chi connectivity index (χ2n) is 4.29. The van der Waals surface area contributed by atoms with Crippen molar-refractivity contribution in [3.63, 3.8) is 0 Å². The molecule has 0 spiro atoms. The summed E-state index contributed by atoms with van der Waals surface area (Å²) in [7, 11) is 0. The van der Waals surface area contributed by atoms with Gasteiger partial charge in [-0.05, 0) is 25.3 Å². The smallest absolute Gasteiger partial charge is 0.239 e. The van der Waals surface area contributed by atoms with Crippen LogP contribution in [0.5, 0.6) is 0 Å². The molecule has 6 heteroatoms. The Kier molecular flexibility index (Phi) is 3.25. The third kappa shape index (κ3) is 2.35. The number of fused-ring (bicyclic) bond motifs is 1. The van der Waals surface area contributed by atoms with Crippen LogP contribution in [0.1, 0.15) is 23.9 Å². The highest BCUT2D eigenvalue weighted by atomic mass is 32.2. The molecule has 3 rings (SSSR count). The van der Waals surface area contributed by atoms with Gasteiger partial charge in [0.1, 0.15) is 0 Å². The molecule has 2 aromatic heterocycles. The van der Waals surface area contributed by atoms with Gasteiger partial charge in [-0.15, -0.1) is 0 Å². The molecule has 0 saturated carbocycles. The fraction of sp³-hybridized carbons (Fsp3) is 0.308. The average Bonchev–Trinajstić information content (AvgIpc) is 3.06. The van der Waals surface area contributed by atoms with Gasteiger partial charge in [0, 0.05) is 0 Å². The molecule has 98 valence electrons. The monoisotopic (exact) mass is 274 g/mol. The van der Waals surface area contributed by atoms with Gasteiger partial charge < -0.3 is 9.09 Å². The van der Waals surface area contributed by atoms with Gasteiger partial charge in [0.25, 0.3) is 0 Å². The second-order valence-corrected chi connectivity index (χ2v) is 5.47. The number of benzene rings is 1. The summed E-state index contributed by atoms with van der Waals surface area (Å²) in [6, 6.07) is 8.00. The minimum atomic E-state index is 0.223. The number of thioether (sulfide) groups is 1. The van der Waals surface area contributed by atoms with Crippen molar-refractivity contribution in [3.8, 4) is 0 Å². The van der Waals surface area contributed by atoms with Crippen molar-refractivity contribution in [1.82, 2.24) is 19.7 Å². The van der Waals surface area contributed by atoms with Crippen LogP contribution in [0.4, 0.5) is 0 Å². The molecule has 5 nitrogen and oxygen atoms in total. The lowest BCUT2D eigenvalue weighted by Crippen LogP contribution is -2.00. The Labute approximate surface area is 115 Å². The van der Waals surface area contributed by atoms with Crippen LogP contribution in [-0.4, -0.2) is 25.9 Å². The highest BCUT2D eigenvalue weighted by Crippen LogP contribution is 2.23. The van der Waals surface area contributed by atoms with E-state index in [1.807, 2.05) is 35.1 Å². The number of imidazole rings is 1.